The average molecular weight is 590 g/mol. The van der Waals surface area contributed by atoms with Crippen LogP contribution in [0.5, 0.6) is 0 Å². The number of pyridine rings is 1. The summed E-state index contributed by atoms with van der Waals surface area (Å²) < 4.78 is 0. The Morgan fingerprint density at radius 3 is 1.67 bits per heavy atom. The van der Waals surface area contributed by atoms with E-state index in [0.717, 1.165) is 22.5 Å². The fraction of sp³-hybridized carbons (Fsp3) is 0.133. The smallest absolute Gasteiger partial charge is 0.0715 e. The van der Waals surface area contributed by atoms with Gasteiger partial charge in [-0.05, 0) is 103 Å². The summed E-state index contributed by atoms with van der Waals surface area (Å²) in [6.07, 6.45) is 0. The van der Waals surface area contributed by atoms with Gasteiger partial charge in [-0.2, -0.15) is 0 Å². The summed E-state index contributed by atoms with van der Waals surface area (Å²) in [4.78, 5) is 5.21. The molecule has 0 spiro atoms. The Labute approximate surface area is 271 Å². The molecule has 0 unspecified atom stereocenters. The number of benzene rings is 6. The van der Waals surface area contributed by atoms with Crippen LogP contribution in [0.2, 0.25) is 0 Å². The SMILES string of the molecule is CC1(C)c2ccccc2-c2cc3c(cc21)-c1ccc(-c2cc(-c4ccccc4)nc(-c4ccc5ccccc5c4)c2)cc1C3(C)C. The van der Waals surface area contributed by atoms with Crippen molar-refractivity contribution in [2.24, 2.45) is 0 Å². The zero-order chi connectivity index (χ0) is 31.2. The second kappa shape index (κ2) is 9.61. The van der Waals surface area contributed by atoms with Crippen molar-refractivity contribution in [2.75, 3.05) is 0 Å². The molecule has 2 aliphatic rings. The van der Waals surface area contributed by atoms with Gasteiger partial charge >= 0.3 is 0 Å². The Hall–Kier alpha value is -5.27. The first-order valence-corrected chi connectivity index (χ1v) is 16.3. The van der Waals surface area contributed by atoms with Crippen LogP contribution in [0.3, 0.4) is 0 Å². The number of hydrogen-bond donors (Lipinski definition) is 0. The Balaban J connectivity index is 1.20. The minimum absolute atomic E-state index is 0.0160. The number of aromatic nitrogens is 1. The molecule has 9 rings (SSSR count). The van der Waals surface area contributed by atoms with E-state index in [4.69, 9.17) is 4.98 Å². The lowest BCUT2D eigenvalue weighted by molar-refractivity contribution is 0.652. The summed E-state index contributed by atoms with van der Waals surface area (Å²) in [7, 11) is 0. The molecule has 1 heteroatoms. The maximum absolute atomic E-state index is 5.21. The second-order valence-corrected chi connectivity index (χ2v) is 14.1. The second-order valence-electron chi connectivity index (χ2n) is 14.1. The molecule has 2 aliphatic carbocycles. The summed E-state index contributed by atoms with van der Waals surface area (Å²) in [5.74, 6) is 0. The first kappa shape index (κ1) is 27.1. The van der Waals surface area contributed by atoms with Gasteiger partial charge in [-0.3, -0.25) is 0 Å². The van der Waals surface area contributed by atoms with E-state index in [-0.39, 0.29) is 10.8 Å². The van der Waals surface area contributed by atoms with Crippen LogP contribution >= 0.6 is 0 Å². The third-order valence-electron chi connectivity index (χ3n) is 10.7. The van der Waals surface area contributed by atoms with Gasteiger partial charge in [0.15, 0.2) is 0 Å². The molecule has 1 nitrogen and oxygen atoms in total. The van der Waals surface area contributed by atoms with E-state index in [2.05, 4.69) is 167 Å². The van der Waals surface area contributed by atoms with Crippen molar-refractivity contribution < 1.29 is 0 Å². The van der Waals surface area contributed by atoms with Crippen molar-refractivity contribution in [3.05, 3.63) is 162 Å². The highest BCUT2D eigenvalue weighted by Gasteiger charge is 2.41. The van der Waals surface area contributed by atoms with E-state index in [1.807, 2.05) is 0 Å². The van der Waals surface area contributed by atoms with Crippen LogP contribution in [0.1, 0.15) is 49.9 Å². The number of fused-ring (bicyclic) bond motifs is 7. The highest BCUT2D eigenvalue weighted by molar-refractivity contribution is 5.92. The van der Waals surface area contributed by atoms with E-state index < -0.39 is 0 Å². The molecule has 0 N–H and O–H groups in total. The van der Waals surface area contributed by atoms with E-state index >= 15 is 0 Å². The van der Waals surface area contributed by atoms with Crippen LogP contribution in [0.15, 0.2) is 140 Å². The maximum atomic E-state index is 5.21. The summed E-state index contributed by atoms with van der Waals surface area (Å²) >= 11 is 0. The van der Waals surface area contributed by atoms with Crippen LogP contribution in [0.4, 0.5) is 0 Å². The molecule has 0 amide bonds. The van der Waals surface area contributed by atoms with E-state index in [1.165, 1.54) is 66.4 Å². The van der Waals surface area contributed by atoms with Gasteiger partial charge in [0, 0.05) is 22.0 Å². The normalized spacial score (nSPS) is 14.9. The van der Waals surface area contributed by atoms with E-state index in [1.54, 1.807) is 0 Å². The molecule has 220 valence electrons. The number of nitrogens with zero attached hydrogens (tertiary/aromatic N) is 1. The molecule has 0 saturated heterocycles. The summed E-state index contributed by atoms with van der Waals surface area (Å²) in [5, 5.41) is 2.46. The Bertz CT molecular complexity index is 2360. The lowest BCUT2D eigenvalue weighted by Gasteiger charge is -2.24. The summed E-state index contributed by atoms with van der Waals surface area (Å²) in [6, 6.07) is 51.3. The van der Waals surface area contributed by atoms with Crippen molar-refractivity contribution in [3.63, 3.8) is 0 Å². The van der Waals surface area contributed by atoms with E-state index in [0.29, 0.717) is 0 Å². The lowest BCUT2D eigenvalue weighted by atomic mass is 9.79. The molecule has 0 fully saturated rings. The fourth-order valence-corrected chi connectivity index (χ4v) is 8.06. The first-order chi connectivity index (χ1) is 22.3. The maximum Gasteiger partial charge on any atom is 0.0715 e. The minimum Gasteiger partial charge on any atom is -0.248 e. The molecule has 46 heavy (non-hydrogen) atoms. The molecule has 6 aromatic carbocycles. The molecule has 1 aromatic heterocycles. The van der Waals surface area contributed by atoms with E-state index in [9.17, 15) is 0 Å². The molecule has 0 radical (unpaired) electrons. The zero-order valence-electron chi connectivity index (χ0n) is 26.7. The quantitative estimate of drug-likeness (QED) is 0.200. The molecule has 1 heterocycles. The Morgan fingerprint density at radius 2 is 0.913 bits per heavy atom. The summed E-state index contributed by atoms with van der Waals surface area (Å²) in [6.45, 7) is 9.52. The van der Waals surface area contributed by atoms with Crippen molar-refractivity contribution in [3.8, 4) is 55.9 Å². The van der Waals surface area contributed by atoms with Gasteiger partial charge in [-0.15, -0.1) is 0 Å². The number of hydrogen-bond acceptors (Lipinski definition) is 1. The third-order valence-corrected chi connectivity index (χ3v) is 10.7. The zero-order valence-corrected chi connectivity index (χ0v) is 26.7. The van der Waals surface area contributed by atoms with Crippen molar-refractivity contribution in [1.82, 2.24) is 4.98 Å². The van der Waals surface area contributed by atoms with Crippen molar-refractivity contribution in [2.45, 2.75) is 38.5 Å². The van der Waals surface area contributed by atoms with Crippen LogP contribution in [-0.2, 0) is 10.8 Å². The van der Waals surface area contributed by atoms with Gasteiger partial charge in [0.25, 0.3) is 0 Å². The highest BCUT2D eigenvalue weighted by Crippen LogP contribution is 2.56. The van der Waals surface area contributed by atoms with Crippen LogP contribution in [0.25, 0.3) is 66.7 Å². The molecule has 0 atom stereocenters. The lowest BCUT2D eigenvalue weighted by Crippen LogP contribution is -2.17. The van der Waals surface area contributed by atoms with Crippen molar-refractivity contribution in [1.29, 1.82) is 0 Å². The predicted molar refractivity (Wildman–Crippen MR) is 193 cm³/mol. The first-order valence-electron chi connectivity index (χ1n) is 16.3. The molecular weight excluding hydrogens is 555 g/mol. The standard InChI is InChI=1S/C45H35N/c1-44(2)38-17-11-10-16-34(38)36-26-41-37(27-40(36)44)35-21-20-31(23-39(35)45(41,3)4)33-24-42(29-13-6-5-7-14-29)46-43(25-33)32-19-18-28-12-8-9-15-30(28)22-32/h5-27H,1-4H3. The monoisotopic (exact) mass is 589 g/mol. The van der Waals surface area contributed by atoms with Gasteiger partial charge < -0.3 is 0 Å². The highest BCUT2D eigenvalue weighted by atomic mass is 14.7. The Kier molecular flexibility index (Phi) is 5.66. The van der Waals surface area contributed by atoms with Crippen molar-refractivity contribution >= 4 is 10.8 Å². The topological polar surface area (TPSA) is 12.9 Å². The Morgan fingerprint density at radius 1 is 0.348 bits per heavy atom. The third kappa shape index (κ3) is 3.91. The minimum atomic E-state index is -0.117. The molecule has 7 aromatic rings. The molecular formula is C45H35N. The molecule has 0 saturated carbocycles. The predicted octanol–water partition coefficient (Wildman–Crippen LogP) is 11.8. The largest absolute Gasteiger partial charge is 0.248 e. The summed E-state index contributed by atoms with van der Waals surface area (Å²) in [5.41, 5.74) is 17.7. The van der Waals surface area contributed by atoms with Crippen LogP contribution in [-0.4, -0.2) is 4.98 Å². The molecule has 0 aliphatic heterocycles. The van der Waals surface area contributed by atoms with Gasteiger partial charge in [0.2, 0.25) is 0 Å². The van der Waals surface area contributed by atoms with Crippen LogP contribution < -0.4 is 0 Å². The molecule has 0 bridgehead atoms. The van der Waals surface area contributed by atoms with Gasteiger partial charge in [0.1, 0.15) is 0 Å². The number of rotatable bonds is 3. The van der Waals surface area contributed by atoms with Gasteiger partial charge in [-0.1, -0.05) is 131 Å². The van der Waals surface area contributed by atoms with Gasteiger partial charge in [0.05, 0.1) is 11.4 Å². The fourth-order valence-electron chi connectivity index (χ4n) is 8.06. The van der Waals surface area contributed by atoms with Gasteiger partial charge in [-0.25, -0.2) is 4.98 Å². The average Bonchev–Trinajstić information content (AvgIpc) is 3.46. The van der Waals surface area contributed by atoms with Crippen LogP contribution in [0, 0.1) is 0 Å².